The fraction of sp³-hybridized carbons (Fsp3) is 0.500. The van der Waals surface area contributed by atoms with Crippen LogP contribution in [0.3, 0.4) is 0 Å². The van der Waals surface area contributed by atoms with Crippen LogP contribution in [0.1, 0.15) is 17.7 Å². The van der Waals surface area contributed by atoms with Crippen LogP contribution in [0, 0.1) is 30.6 Å². The molecule has 112 valence electrons. The zero-order valence-corrected chi connectivity index (χ0v) is 12.2. The van der Waals surface area contributed by atoms with Crippen molar-refractivity contribution in [2.24, 2.45) is 23.7 Å². The van der Waals surface area contributed by atoms with Gasteiger partial charge in [0.1, 0.15) is 5.76 Å². The van der Waals surface area contributed by atoms with Gasteiger partial charge in [0.15, 0.2) is 0 Å². The van der Waals surface area contributed by atoms with Crippen molar-refractivity contribution in [1.82, 2.24) is 4.90 Å². The van der Waals surface area contributed by atoms with Crippen LogP contribution in [0.5, 0.6) is 0 Å². The van der Waals surface area contributed by atoms with Crippen LogP contribution in [-0.2, 0) is 16.1 Å². The third-order valence-corrected chi connectivity index (χ3v) is 4.78. The van der Waals surface area contributed by atoms with Crippen molar-refractivity contribution in [2.45, 2.75) is 19.9 Å². The summed E-state index contributed by atoms with van der Waals surface area (Å²) in [5.74, 6) is -1.10. The number of carbonyl (C=O) groups is 2. The molecule has 5 heteroatoms. The summed E-state index contributed by atoms with van der Waals surface area (Å²) in [6.45, 7) is 2.30. The molecule has 1 aromatic rings. The van der Waals surface area contributed by atoms with Gasteiger partial charge in [-0.05, 0) is 31.2 Å². The second kappa shape index (κ2) is 5.06. The zero-order valence-electron chi connectivity index (χ0n) is 12.2. The van der Waals surface area contributed by atoms with Crippen molar-refractivity contribution >= 4 is 11.9 Å². The van der Waals surface area contributed by atoms with Crippen molar-refractivity contribution in [2.75, 3.05) is 7.05 Å². The van der Waals surface area contributed by atoms with Gasteiger partial charge in [0, 0.05) is 19.2 Å². The molecule has 1 amide bonds. The number of rotatable bonds is 4. The van der Waals surface area contributed by atoms with E-state index >= 15 is 0 Å². The second-order valence-corrected chi connectivity index (χ2v) is 6.03. The minimum absolute atomic E-state index is 0.00510. The molecule has 1 saturated carbocycles. The summed E-state index contributed by atoms with van der Waals surface area (Å²) < 4.78 is 5.24. The number of nitrogens with zero attached hydrogens (tertiary/aromatic N) is 1. The molecule has 0 spiro atoms. The highest BCUT2D eigenvalue weighted by molar-refractivity contribution is 5.86. The van der Waals surface area contributed by atoms with E-state index in [0.29, 0.717) is 6.54 Å². The highest BCUT2D eigenvalue weighted by atomic mass is 16.4. The topological polar surface area (TPSA) is 70.8 Å². The minimum atomic E-state index is -0.863. The first kappa shape index (κ1) is 13.9. The molecule has 5 nitrogen and oxygen atoms in total. The van der Waals surface area contributed by atoms with Gasteiger partial charge in [-0.1, -0.05) is 12.2 Å². The van der Waals surface area contributed by atoms with Crippen molar-refractivity contribution in [3.8, 4) is 0 Å². The lowest BCUT2D eigenvalue weighted by Crippen LogP contribution is -2.40. The van der Waals surface area contributed by atoms with Crippen LogP contribution in [0.15, 0.2) is 28.9 Å². The van der Waals surface area contributed by atoms with E-state index in [1.807, 2.05) is 25.1 Å². The number of carbonyl (C=O) groups excluding carboxylic acids is 1. The summed E-state index contributed by atoms with van der Waals surface area (Å²) in [6.07, 6.45) is 6.34. The van der Waals surface area contributed by atoms with Gasteiger partial charge in [-0.25, -0.2) is 0 Å². The maximum atomic E-state index is 12.7. The first-order valence-corrected chi connectivity index (χ1v) is 7.18. The predicted molar refractivity (Wildman–Crippen MR) is 75.3 cm³/mol. The summed E-state index contributed by atoms with van der Waals surface area (Å²) in [5, 5.41) is 9.42. The molecular weight excluding hydrogens is 270 g/mol. The van der Waals surface area contributed by atoms with Crippen LogP contribution in [0.2, 0.25) is 0 Å². The molecular formula is C16H19NO4. The summed E-state index contributed by atoms with van der Waals surface area (Å²) in [7, 11) is 1.73. The molecule has 4 unspecified atom stereocenters. The molecule has 1 aromatic heterocycles. The molecule has 1 heterocycles. The molecule has 0 radical (unpaired) electrons. The van der Waals surface area contributed by atoms with Crippen LogP contribution in [-0.4, -0.2) is 28.9 Å². The number of carboxylic acids is 1. The van der Waals surface area contributed by atoms with Gasteiger partial charge in [-0.3, -0.25) is 9.59 Å². The Morgan fingerprint density at radius 1 is 1.33 bits per heavy atom. The lowest BCUT2D eigenvalue weighted by atomic mass is 9.82. The number of hydrogen-bond acceptors (Lipinski definition) is 3. The average Bonchev–Trinajstić information content (AvgIpc) is 3.13. The van der Waals surface area contributed by atoms with Gasteiger partial charge in [0.2, 0.25) is 5.91 Å². The number of allylic oxidation sites excluding steroid dienone is 2. The number of hydrogen-bond donors (Lipinski definition) is 1. The predicted octanol–water partition coefficient (Wildman–Crippen LogP) is 2.07. The Morgan fingerprint density at radius 2 is 2.00 bits per heavy atom. The Balaban J connectivity index is 1.76. The van der Waals surface area contributed by atoms with Crippen LogP contribution in [0.25, 0.3) is 0 Å². The first-order valence-electron chi connectivity index (χ1n) is 7.18. The normalized spacial score (nSPS) is 29.8. The van der Waals surface area contributed by atoms with E-state index < -0.39 is 17.8 Å². The van der Waals surface area contributed by atoms with Crippen LogP contribution in [0.4, 0.5) is 0 Å². The van der Waals surface area contributed by atoms with E-state index in [1.54, 1.807) is 18.2 Å². The molecule has 4 atom stereocenters. The number of aliphatic carboxylic acids is 1. The first-order chi connectivity index (χ1) is 9.99. The standard InChI is InChI=1S/C16H19NO4/c1-9-12(5-6-21-9)8-17(2)15(18)13-10-3-4-11(7-10)14(13)16(19)20/h3-6,10-11,13-14H,7-8H2,1-2H3,(H,19,20). The van der Waals surface area contributed by atoms with Gasteiger partial charge in [-0.15, -0.1) is 0 Å². The fourth-order valence-corrected chi connectivity index (χ4v) is 3.66. The van der Waals surface area contributed by atoms with Crippen LogP contribution < -0.4 is 0 Å². The molecule has 0 saturated heterocycles. The molecule has 0 aromatic carbocycles. The Labute approximate surface area is 123 Å². The van der Waals surface area contributed by atoms with Crippen molar-refractivity contribution in [3.63, 3.8) is 0 Å². The molecule has 2 bridgehead atoms. The van der Waals surface area contributed by atoms with Crippen molar-refractivity contribution in [3.05, 3.63) is 35.8 Å². The van der Waals surface area contributed by atoms with E-state index in [2.05, 4.69) is 0 Å². The minimum Gasteiger partial charge on any atom is -0.481 e. The molecule has 0 aliphatic heterocycles. The maximum absolute atomic E-state index is 12.7. The zero-order chi connectivity index (χ0) is 15.1. The van der Waals surface area contributed by atoms with E-state index in [9.17, 15) is 14.7 Å². The number of amides is 1. The van der Waals surface area contributed by atoms with E-state index in [0.717, 1.165) is 17.7 Å². The van der Waals surface area contributed by atoms with Crippen molar-refractivity contribution < 1.29 is 19.1 Å². The molecule has 1 fully saturated rings. The van der Waals surface area contributed by atoms with E-state index in [1.165, 1.54) is 0 Å². The number of fused-ring (bicyclic) bond motifs is 2. The Hall–Kier alpha value is -2.04. The summed E-state index contributed by atoms with van der Waals surface area (Å²) >= 11 is 0. The quantitative estimate of drug-likeness (QED) is 0.861. The largest absolute Gasteiger partial charge is 0.481 e. The monoisotopic (exact) mass is 289 g/mol. The lowest BCUT2D eigenvalue weighted by Gasteiger charge is -2.28. The molecule has 3 rings (SSSR count). The SMILES string of the molecule is Cc1occc1CN(C)C(=O)C1C2C=CC(C2)C1C(=O)O. The fourth-order valence-electron chi connectivity index (χ4n) is 3.66. The molecule has 2 aliphatic carbocycles. The van der Waals surface area contributed by atoms with Gasteiger partial charge in [0.05, 0.1) is 18.1 Å². The van der Waals surface area contributed by atoms with Crippen LogP contribution >= 0.6 is 0 Å². The third-order valence-electron chi connectivity index (χ3n) is 4.78. The van der Waals surface area contributed by atoms with Gasteiger partial charge in [0.25, 0.3) is 0 Å². The second-order valence-electron chi connectivity index (χ2n) is 6.03. The highest BCUT2D eigenvalue weighted by Crippen LogP contribution is 2.48. The molecule has 1 N–H and O–H groups in total. The van der Waals surface area contributed by atoms with Gasteiger partial charge in [-0.2, -0.15) is 0 Å². The van der Waals surface area contributed by atoms with E-state index in [4.69, 9.17) is 4.42 Å². The highest BCUT2D eigenvalue weighted by Gasteiger charge is 2.52. The number of aryl methyl sites for hydroxylation is 1. The molecule has 2 aliphatic rings. The Bertz CT molecular complexity index is 603. The van der Waals surface area contributed by atoms with E-state index in [-0.39, 0.29) is 17.7 Å². The maximum Gasteiger partial charge on any atom is 0.307 e. The summed E-state index contributed by atoms with van der Waals surface area (Å²) in [5.41, 5.74) is 0.955. The summed E-state index contributed by atoms with van der Waals surface area (Å²) in [6, 6.07) is 1.84. The Morgan fingerprint density at radius 3 is 2.57 bits per heavy atom. The lowest BCUT2D eigenvalue weighted by molar-refractivity contribution is -0.150. The molecule has 21 heavy (non-hydrogen) atoms. The van der Waals surface area contributed by atoms with Crippen molar-refractivity contribution in [1.29, 1.82) is 0 Å². The third kappa shape index (κ3) is 2.26. The number of carboxylic acid groups (broad SMARTS) is 1. The smallest absolute Gasteiger partial charge is 0.307 e. The average molecular weight is 289 g/mol. The number of furan rings is 1. The van der Waals surface area contributed by atoms with Gasteiger partial charge >= 0.3 is 5.97 Å². The Kier molecular flexibility index (Phi) is 3.35. The summed E-state index contributed by atoms with van der Waals surface area (Å²) in [4.78, 5) is 25.8. The van der Waals surface area contributed by atoms with Gasteiger partial charge < -0.3 is 14.4 Å².